The molecule has 21 heavy (non-hydrogen) atoms. The van der Waals surface area contributed by atoms with Gasteiger partial charge in [0.25, 0.3) is 0 Å². The van der Waals surface area contributed by atoms with Crippen LogP contribution in [0.1, 0.15) is 31.1 Å². The van der Waals surface area contributed by atoms with Crippen LogP contribution >= 0.6 is 11.3 Å². The van der Waals surface area contributed by atoms with E-state index in [1.165, 1.54) is 0 Å². The highest BCUT2D eigenvalue weighted by Crippen LogP contribution is 2.16. The van der Waals surface area contributed by atoms with Gasteiger partial charge >= 0.3 is 0 Å². The number of hydrogen-bond acceptors (Lipinski definition) is 4. The molecular formula is C14H22N2O3S2. The smallest absolute Gasteiger partial charge is 0.225 e. The number of amides is 1. The number of piperidine rings is 1. The minimum Gasteiger partial charge on any atom is -0.353 e. The van der Waals surface area contributed by atoms with Crippen molar-refractivity contribution in [2.75, 3.05) is 18.8 Å². The molecule has 1 aliphatic rings. The van der Waals surface area contributed by atoms with Gasteiger partial charge in [-0.25, -0.2) is 12.7 Å². The van der Waals surface area contributed by atoms with E-state index >= 15 is 0 Å². The van der Waals surface area contributed by atoms with Crippen molar-refractivity contribution in [2.45, 2.75) is 38.6 Å². The third-order valence-electron chi connectivity index (χ3n) is 3.59. The van der Waals surface area contributed by atoms with Gasteiger partial charge in [-0.05, 0) is 30.7 Å². The van der Waals surface area contributed by atoms with Crippen molar-refractivity contribution in [3.05, 3.63) is 22.4 Å². The molecule has 0 aliphatic carbocycles. The Morgan fingerprint density at radius 2 is 2.14 bits per heavy atom. The van der Waals surface area contributed by atoms with Crippen LogP contribution in [-0.2, 0) is 21.2 Å². The Morgan fingerprint density at radius 1 is 1.43 bits per heavy atom. The van der Waals surface area contributed by atoms with Gasteiger partial charge in [0.15, 0.2) is 0 Å². The Balaban J connectivity index is 1.77. The molecular weight excluding hydrogens is 308 g/mol. The zero-order valence-corrected chi connectivity index (χ0v) is 13.9. The van der Waals surface area contributed by atoms with E-state index in [4.69, 9.17) is 0 Å². The Labute approximate surface area is 130 Å². The number of sulfonamides is 1. The zero-order chi connectivity index (χ0) is 15.3. The monoisotopic (exact) mass is 330 g/mol. The van der Waals surface area contributed by atoms with Gasteiger partial charge in [0.05, 0.1) is 12.2 Å². The zero-order valence-electron chi connectivity index (χ0n) is 12.2. The number of nitrogens with one attached hydrogen (secondary N) is 1. The number of carbonyl (C=O) groups excluding carboxylic acids is 1. The van der Waals surface area contributed by atoms with Crippen LogP contribution in [0.15, 0.2) is 17.5 Å². The van der Waals surface area contributed by atoms with Crippen LogP contribution in [0, 0.1) is 0 Å². The molecule has 0 saturated carbocycles. The number of nitrogens with zero attached hydrogens (tertiary/aromatic N) is 1. The molecule has 1 fully saturated rings. The fourth-order valence-electron chi connectivity index (χ4n) is 2.52. The van der Waals surface area contributed by atoms with Gasteiger partial charge in [0, 0.05) is 24.0 Å². The average molecular weight is 330 g/mol. The lowest BCUT2D eigenvalue weighted by Gasteiger charge is -2.31. The van der Waals surface area contributed by atoms with Crippen LogP contribution in [-0.4, -0.2) is 43.5 Å². The van der Waals surface area contributed by atoms with E-state index in [1.54, 1.807) is 15.6 Å². The quantitative estimate of drug-likeness (QED) is 0.862. The van der Waals surface area contributed by atoms with E-state index in [0.717, 1.165) is 4.88 Å². The lowest BCUT2D eigenvalue weighted by Crippen LogP contribution is -2.47. The van der Waals surface area contributed by atoms with E-state index in [-0.39, 0.29) is 17.7 Å². The Hall–Kier alpha value is -0.920. The molecule has 5 nitrogen and oxygen atoms in total. The third-order valence-corrected chi connectivity index (χ3v) is 6.54. The second-order valence-electron chi connectivity index (χ2n) is 5.31. The van der Waals surface area contributed by atoms with Gasteiger partial charge in [-0.3, -0.25) is 4.79 Å². The Kier molecular flexibility index (Phi) is 5.78. The lowest BCUT2D eigenvalue weighted by molar-refractivity contribution is -0.121. The van der Waals surface area contributed by atoms with Crippen molar-refractivity contribution >= 4 is 27.3 Å². The minimum absolute atomic E-state index is 0.0207. The first-order chi connectivity index (χ1) is 10.0. The molecule has 0 unspecified atom stereocenters. The van der Waals surface area contributed by atoms with Gasteiger partial charge in [-0.15, -0.1) is 11.3 Å². The SMILES string of the molecule is CCCS(=O)(=O)N1CCC(NC(=O)Cc2cccs2)CC1. The van der Waals surface area contributed by atoms with Gasteiger partial charge in [0.2, 0.25) is 15.9 Å². The standard InChI is InChI=1S/C14H22N2O3S2/c1-2-10-21(18,19)16-7-5-12(6-8-16)15-14(17)11-13-4-3-9-20-13/h3-4,9,12H,2,5-8,10-11H2,1H3,(H,15,17). The number of rotatable bonds is 6. The fraction of sp³-hybridized carbons (Fsp3) is 0.643. The van der Waals surface area contributed by atoms with Crippen LogP contribution in [0.4, 0.5) is 0 Å². The van der Waals surface area contributed by atoms with E-state index in [0.29, 0.717) is 38.8 Å². The van der Waals surface area contributed by atoms with Gasteiger partial charge in [0.1, 0.15) is 0 Å². The maximum atomic E-state index is 12.0. The summed E-state index contributed by atoms with van der Waals surface area (Å²) in [4.78, 5) is 13.0. The molecule has 1 aromatic heterocycles. The summed E-state index contributed by atoms with van der Waals surface area (Å²) in [7, 11) is -3.10. The third kappa shape index (κ3) is 4.79. The second kappa shape index (κ2) is 7.38. The molecule has 2 heterocycles. The summed E-state index contributed by atoms with van der Waals surface area (Å²) in [5.41, 5.74) is 0. The molecule has 1 aromatic rings. The predicted molar refractivity (Wildman–Crippen MR) is 84.8 cm³/mol. The molecule has 1 aliphatic heterocycles. The minimum atomic E-state index is -3.10. The number of hydrogen-bond donors (Lipinski definition) is 1. The molecule has 0 spiro atoms. The lowest BCUT2D eigenvalue weighted by atomic mass is 10.1. The van der Waals surface area contributed by atoms with E-state index in [9.17, 15) is 13.2 Å². The number of thiophene rings is 1. The van der Waals surface area contributed by atoms with E-state index in [2.05, 4.69) is 5.32 Å². The van der Waals surface area contributed by atoms with Crippen LogP contribution in [0.2, 0.25) is 0 Å². The molecule has 118 valence electrons. The van der Waals surface area contributed by atoms with Crippen molar-refractivity contribution < 1.29 is 13.2 Å². The maximum absolute atomic E-state index is 12.0. The largest absolute Gasteiger partial charge is 0.353 e. The first kappa shape index (κ1) is 16.5. The molecule has 0 radical (unpaired) electrons. The predicted octanol–water partition coefficient (Wildman–Crippen LogP) is 1.61. The van der Waals surface area contributed by atoms with E-state index in [1.807, 2.05) is 24.4 Å². The average Bonchev–Trinajstić information content (AvgIpc) is 2.92. The Bertz CT molecular complexity index is 547. The summed E-state index contributed by atoms with van der Waals surface area (Å²) >= 11 is 1.57. The van der Waals surface area contributed by atoms with Crippen molar-refractivity contribution in [3.63, 3.8) is 0 Å². The second-order valence-corrected chi connectivity index (χ2v) is 8.43. The first-order valence-electron chi connectivity index (χ1n) is 7.31. The summed E-state index contributed by atoms with van der Waals surface area (Å²) in [5, 5.41) is 4.97. The number of carbonyl (C=O) groups is 1. The first-order valence-corrected chi connectivity index (χ1v) is 9.79. The molecule has 1 saturated heterocycles. The molecule has 0 bridgehead atoms. The van der Waals surface area contributed by atoms with Gasteiger partial charge in [-0.1, -0.05) is 13.0 Å². The summed E-state index contributed by atoms with van der Waals surface area (Å²) in [6, 6.07) is 3.97. The van der Waals surface area contributed by atoms with Crippen molar-refractivity contribution in [2.24, 2.45) is 0 Å². The van der Waals surface area contributed by atoms with E-state index < -0.39 is 10.0 Å². The Morgan fingerprint density at radius 3 is 2.71 bits per heavy atom. The van der Waals surface area contributed by atoms with Crippen molar-refractivity contribution in [3.8, 4) is 0 Å². The molecule has 7 heteroatoms. The highest BCUT2D eigenvalue weighted by molar-refractivity contribution is 7.89. The maximum Gasteiger partial charge on any atom is 0.225 e. The van der Waals surface area contributed by atoms with Crippen LogP contribution in [0.3, 0.4) is 0 Å². The summed E-state index contributed by atoms with van der Waals surface area (Å²) in [6.45, 7) is 2.88. The topological polar surface area (TPSA) is 66.5 Å². The molecule has 1 N–H and O–H groups in total. The molecule has 0 atom stereocenters. The van der Waals surface area contributed by atoms with Crippen LogP contribution < -0.4 is 5.32 Å². The molecule has 2 rings (SSSR count). The fourth-order valence-corrected chi connectivity index (χ4v) is 4.76. The van der Waals surface area contributed by atoms with Crippen molar-refractivity contribution in [1.82, 2.24) is 9.62 Å². The summed E-state index contributed by atoms with van der Waals surface area (Å²) in [6.07, 6.45) is 2.43. The molecule has 0 aromatic carbocycles. The normalized spacial score (nSPS) is 17.8. The van der Waals surface area contributed by atoms with Gasteiger partial charge in [-0.2, -0.15) is 0 Å². The van der Waals surface area contributed by atoms with Crippen LogP contribution in [0.5, 0.6) is 0 Å². The molecule has 1 amide bonds. The highest BCUT2D eigenvalue weighted by atomic mass is 32.2. The summed E-state index contributed by atoms with van der Waals surface area (Å²) < 4.78 is 25.5. The summed E-state index contributed by atoms with van der Waals surface area (Å²) in [5.74, 6) is 0.231. The highest BCUT2D eigenvalue weighted by Gasteiger charge is 2.27. The van der Waals surface area contributed by atoms with Crippen molar-refractivity contribution in [1.29, 1.82) is 0 Å². The van der Waals surface area contributed by atoms with Gasteiger partial charge < -0.3 is 5.32 Å². The van der Waals surface area contributed by atoms with Crippen LogP contribution in [0.25, 0.3) is 0 Å².